The molecule has 0 aromatic heterocycles. The summed E-state index contributed by atoms with van der Waals surface area (Å²) in [7, 11) is 0. The minimum absolute atomic E-state index is 0.202. The second kappa shape index (κ2) is 6.49. The van der Waals surface area contributed by atoms with Crippen LogP contribution >= 0.6 is 11.8 Å². The number of benzene rings is 1. The lowest BCUT2D eigenvalue weighted by Crippen LogP contribution is -2.70. The number of carbonyl (C=O) groups is 4. The lowest BCUT2D eigenvalue weighted by molar-refractivity contribution is -0.153. The van der Waals surface area contributed by atoms with Gasteiger partial charge in [0.25, 0.3) is 18.3 Å². The number of rotatable bonds is 5. The summed E-state index contributed by atoms with van der Waals surface area (Å²) in [6.07, 6.45) is -1.14. The molecule has 0 saturated carbocycles. The molecule has 1 aromatic rings. The third kappa shape index (κ3) is 2.55. The predicted octanol–water partition coefficient (Wildman–Crippen LogP) is 0.112. The number of hydrogen-bond acceptors (Lipinski definition) is 7. The average molecular weight is 374 g/mol. The molecule has 0 aliphatic carbocycles. The Morgan fingerprint density at radius 1 is 1.35 bits per heavy atom. The highest BCUT2D eigenvalue weighted by Crippen LogP contribution is 2.42. The molecule has 1 aromatic carbocycles. The van der Waals surface area contributed by atoms with Crippen LogP contribution in [0.3, 0.4) is 0 Å². The van der Waals surface area contributed by atoms with E-state index in [1.54, 1.807) is 30.3 Å². The van der Waals surface area contributed by atoms with E-state index in [2.05, 4.69) is 5.32 Å². The first-order valence-electron chi connectivity index (χ1n) is 7.90. The van der Waals surface area contributed by atoms with Gasteiger partial charge in [0.2, 0.25) is 6.10 Å². The fourth-order valence-corrected chi connectivity index (χ4v) is 4.54. The normalized spacial score (nSPS) is 24.8. The number of carbonyl (C=O) groups excluding carboxylic acids is 4. The molecule has 0 radical (unpaired) electrons. The largest absolute Gasteiger partial charge is 0.456 e. The summed E-state index contributed by atoms with van der Waals surface area (Å²) >= 11 is 1.46. The highest BCUT2D eigenvalue weighted by atomic mass is 32.2. The van der Waals surface area contributed by atoms with Gasteiger partial charge in [-0.3, -0.25) is 19.3 Å². The van der Waals surface area contributed by atoms with E-state index in [9.17, 15) is 19.2 Å². The molecule has 3 atom stereocenters. The Morgan fingerprint density at radius 3 is 2.85 bits per heavy atom. The van der Waals surface area contributed by atoms with E-state index < -0.39 is 24.0 Å². The summed E-state index contributed by atoms with van der Waals surface area (Å²) < 4.78 is 9.89. The zero-order chi connectivity index (χ0) is 18.3. The van der Waals surface area contributed by atoms with Gasteiger partial charge in [0.05, 0.1) is 0 Å². The van der Waals surface area contributed by atoms with Crippen LogP contribution in [0.5, 0.6) is 0 Å². The van der Waals surface area contributed by atoms with Crippen LogP contribution in [0.4, 0.5) is 0 Å². The first-order chi connectivity index (χ1) is 12.6. The molecule has 3 heterocycles. The molecular formula is C17H14N2O6S. The second-order valence-electron chi connectivity index (χ2n) is 5.95. The van der Waals surface area contributed by atoms with E-state index >= 15 is 0 Å². The molecule has 1 saturated heterocycles. The van der Waals surface area contributed by atoms with Gasteiger partial charge >= 0.3 is 5.97 Å². The Kier molecular flexibility index (Phi) is 4.15. The fourth-order valence-electron chi connectivity index (χ4n) is 3.21. The Morgan fingerprint density at radius 2 is 2.12 bits per heavy atom. The molecule has 1 N–H and O–H groups in total. The second-order valence-corrected chi connectivity index (χ2v) is 7.05. The van der Waals surface area contributed by atoms with E-state index in [0.29, 0.717) is 17.0 Å². The van der Waals surface area contributed by atoms with Crippen LogP contribution in [-0.4, -0.2) is 52.9 Å². The highest BCUT2D eigenvalue weighted by Gasteiger charge is 2.56. The maximum Gasteiger partial charge on any atom is 0.355 e. The van der Waals surface area contributed by atoms with Gasteiger partial charge in [-0.2, -0.15) is 0 Å². The summed E-state index contributed by atoms with van der Waals surface area (Å²) in [5.41, 5.74) is 1.59. The predicted molar refractivity (Wildman–Crippen MR) is 89.3 cm³/mol. The van der Waals surface area contributed by atoms with Crippen LogP contribution in [0.2, 0.25) is 0 Å². The Labute approximate surface area is 152 Å². The Balaban J connectivity index is 1.50. The molecule has 8 nitrogen and oxygen atoms in total. The van der Waals surface area contributed by atoms with Crippen molar-refractivity contribution < 1.29 is 28.7 Å². The van der Waals surface area contributed by atoms with Crippen molar-refractivity contribution in [2.24, 2.45) is 0 Å². The number of nitrogens with one attached hydrogen (secondary N) is 1. The van der Waals surface area contributed by atoms with Crippen molar-refractivity contribution in [3.63, 3.8) is 0 Å². The molecule has 0 spiro atoms. The van der Waals surface area contributed by atoms with Gasteiger partial charge in [-0.25, -0.2) is 4.79 Å². The van der Waals surface area contributed by atoms with Crippen molar-refractivity contribution in [3.8, 4) is 0 Å². The first kappa shape index (κ1) is 16.6. The van der Waals surface area contributed by atoms with E-state index in [0.717, 1.165) is 5.57 Å². The standard InChI is InChI=1S/C17H14N2O6S/c20-8-25-13(9-4-2-1-3-5-9)14(21)18-11-15(22)19-12-10(6-24-17(12)23)7-26-16(11)19/h1-5,8,11,13,16H,6-7H2,(H,18,21)/t11-,13-,16-/m1/s1. The van der Waals surface area contributed by atoms with E-state index in [1.165, 1.54) is 16.7 Å². The first-order valence-corrected chi connectivity index (χ1v) is 8.95. The van der Waals surface area contributed by atoms with Crippen molar-refractivity contribution in [1.29, 1.82) is 0 Å². The molecule has 3 aliphatic rings. The number of esters is 1. The minimum atomic E-state index is -1.14. The van der Waals surface area contributed by atoms with Crippen molar-refractivity contribution in [2.75, 3.05) is 12.4 Å². The van der Waals surface area contributed by atoms with Gasteiger partial charge in [0.1, 0.15) is 23.7 Å². The molecule has 0 unspecified atom stereocenters. The number of nitrogens with zero attached hydrogens (tertiary/aromatic N) is 1. The zero-order valence-corrected chi connectivity index (χ0v) is 14.2. The van der Waals surface area contributed by atoms with Crippen molar-refractivity contribution in [1.82, 2.24) is 10.2 Å². The summed E-state index contributed by atoms with van der Waals surface area (Å²) in [6, 6.07) is 7.74. The molecule has 26 heavy (non-hydrogen) atoms. The van der Waals surface area contributed by atoms with Gasteiger partial charge in [0, 0.05) is 16.9 Å². The summed E-state index contributed by atoms with van der Waals surface area (Å²) in [5, 5.41) is 2.26. The van der Waals surface area contributed by atoms with Crippen LogP contribution in [0.15, 0.2) is 41.6 Å². The van der Waals surface area contributed by atoms with Crippen LogP contribution in [0, 0.1) is 0 Å². The maximum atomic E-state index is 12.6. The van der Waals surface area contributed by atoms with Gasteiger partial charge in [-0.05, 0) is 0 Å². The van der Waals surface area contributed by atoms with Crippen molar-refractivity contribution in [3.05, 3.63) is 47.2 Å². The third-order valence-electron chi connectivity index (χ3n) is 4.45. The number of amides is 2. The molecule has 9 heteroatoms. The van der Waals surface area contributed by atoms with E-state index in [-0.39, 0.29) is 24.4 Å². The van der Waals surface area contributed by atoms with Crippen LogP contribution in [0.25, 0.3) is 0 Å². The van der Waals surface area contributed by atoms with Crippen molar-refractivity contribution in [2.45, 2.75) is 17.5 Å². The monoisotopic (exact) mass is 374 g/mol. The van der Waals surface area contributed by atoms with Crippen molar-refractivity contribution >= 4 is 36.0 Å². The molecule has 0 bridgehead atoms. The minimum Gasteiger partial charge on any atom is -0.456 e. The van der Waals surface area contributed by atoms with E-state index in [1.807, 2.05) is 0 Å². The molecule has 4 rings (SSSR count). The van der Waals surface area contributed by atoms with Gasteiger partial charge in [0.15, 0.2) is 0 Å². The molecule has 2 amide bonds. The summed E-state index contributed by atoms with van der Waals surface area (Å²) in [4.78, 5) is 49.0. The number of thioether (sulfide) groups is 1. The fraction of sp³-hybridized carbons (Fsp3) is 0.294. The number of β-lactam (4-membered cyclic amide) rings is 1. The lowest BCUT2D eigenvalue weighted by Gasteiger charge is -2.48. The quantitative estimate of drug-likeness (QED) is 0.443. The number of cyclic esters (lactones) is 1. The van der Waals surface area contributed by atoms with Gasteiger partial charge < -0.3 is 14.8 Å². The third-order valence-corrected chi connectivity index (χ3v) is 5.79. The number of fused-ring (bicyclic) bond motifs is 2. The SMILES string of the molecule is O=CO[C@@H](C(=O)N[C@@H]1C(=O)N2C3=C(COC3=O)CS[C@H]12)c1ccccc1. The van der Waals surface area contributed by atoms with E-state index in [4.69, 9.17) is 9.47 Å². The Hall–Kier alpha value is -2.81. The average Bonchev–Trinajstić information content (AvgIpc) is 3.04. The zero-order valence-electron chi connectivity index (χ0n) is 13.4. The van der Waals surface area contributed by atoms with Gasteiger partial charge in [-0.15, -0.1) is 11.8 Å². The van der Waals surface area contributed by atoms with Crippen LogP contribution in [-0.2, 0) is 28.7 Å². The summed E-state index contributed by atoms with van der Waals surface area (Å²) in [6.45, 7) is 0.408. The molecular weight excluding hydrogens is 360 g/mol. The molecule has 134 valence electrons. The smallest absolute Gasteiger partial charge is 0.355 e. The molecule has 3 aliphatic heterocycles. The lowest BCUT2D eigenvalue weighted by atomic mass is 10.0. The highest BCUT2D eigenvalue weighted by molar-refractivity contribution is 8.00. The maximum absolute atomic E-state index is 12.6. The molecule has 1 fully saturated rings. The number of ether oxygens (including phenoxy) is 2. The Bertz CT molecular complexity index is 824. The van der Waals surface area contributed by atoms with Gasteiger partial charge in [-0.1, -0.05) is 30.3 Å². The van der Waals surface area contributed by atoms with Crippen LogP contribution < -0.4 is 5.32 Å². The topological polar surface area (TPSA) is 102 Å². The number of hydrogen-bond donors (Lipinski definition) is 1. The van der Waals surface area contributed by atoms with Crippen LogP contribution in [0.1, 0.15) is 11.7 Å². The summed E-state index contributed by atoms with van der Waals surface area (Å²) in [5.74, 6) is -0.903.